The van der Waals surface area contributed by atoms with E-state index >= 15 is 123 Å². The second-order valence-electron chi connectivity index (χ2n) is 19.8. The molecule has 0 unspecified atom stereocenters. The average molecular weight is 1430 g/mol. The summed E-state index contributed by atoms with van der Waals surface area (Å²) in [6.45, 7) is 0. The van der Waals surface area contributed by atoms with Crippen molar-refractivity contribution in [2.24, 2.45) is 0 Å². The van der Waals surface area contributed by atoms with Crippen molar-refractivity contribution in [1.82, 2.24) is 0 Å². The number of hydrogen-bond acceptors (Lipinski definition) is 0. The van der Waals surface area contributed by atoms with E-state index in [0.29, 0.717) is 0 Å². The van der Waals surface area contributed by atoms with Crippen molar-refractivity contribution in [1.29, 1.82) is 0 Å². The minimum absolute atomic E-state index is 2.88. The fourth-order valence-corrected chi connectivity index (χ4v) is 24.2. The molecule has 0 spiro atoms. The van der Waals surface area contributed by atoms with Gasteiger partial charge in [0.1, 0.15) is 0 Å². The number of fused-ring (bicyclic) bond motifs is 8. The van der Waals surface area contributed by atoms with Crippen LogP contribution < -0.4 is 16.5 Å². The fourth-order valence-electron chi connectivity index (χ4n) is 11.9. The van der Waals surface area contributed by atoms with E-state index in [1.54, 1.807) is 0 Å². The molecule has 0 amide bonds. The molecule has 37 heteroatoms. The molecule has 0 saturated carbocycles. The van der Waals surface area contributed by atoms with Gasteiger partial charge >= 0.3 is 485 Å². The van der Waals surface area contributed by atoms with E-state index in [1.165, 1.54) is 0 Å². The zero-order valence-electron chi connectivity index (χ0n) is 42.2. The van der Waals surface area contributed by atoms with Gasteiger partial charge in [0.15, 0.2) is 0 Å². The third-order valence-corrected chi connectivity index (χ3v) is 27.3. The Bertz CT molecular complexity index is 5010. The Balaban J connectivity index is 1.52. The number of halogens is 36. The van der Waals surface area contributed by atoms with Crippen LogP contribution in [0.1, 0.15) is 0 Å². The van der Waals surface area contributed by atoms with Crippen LogP contribution in [0.25, 0.3) is 86.2 Å². The molecule has 0 bridgehead atoms. The summed E-state index contributed by atoms with van der Waals surface area (Å²) in [5, 5.41) is -50.6. The molecule has 0 aliphatic carbocycles. The molecule has 0 aliphatic heterocycles. The minimum atomic E-state index is -11.6. The first kappa shape index (κ1) is 64.0. The van der Waals surface area contributed by atoms with Crippen molar-refractivity contribution in [2.45, 2.75) is 0 Å². The van der Waals surface area contributed by atoms with Crippen molar-refractivity contribution >= 4 is 118 Å². The Kier molecular flexibility index (Phi) is 14.0. The molecular weight excluding hydrogens is 1430 g/mol. The van der Waals surface area contributed by atoms with Crippen LogP contribution in [0, 0.1) is 209 Å². The van der Waals surface area contributed by atoms with Gasteiger partial charge in [-0.25, -0.2) is 0 Å². The van der Waals surface area contributed by atoms with E-state index in [2.05, 4.69) is 0 Å². The molecule has 0 N–H and O–H groups in total. The van der Waals surface area contributed by atoms with Crippen molar-refractivity contribution in [3.63, 3.8) is 0 Å². The molecule has 0 atom stereocenters. The Morgan fingerprint density at radius 1 is 0.0860 bits per heavy atom. The van der Waals surface area contributed by atoms with Gasteiger partial charge in [-0.3, -0.25) is 0 Å². The molecule has 0 aromatic heterocycles. The standard InChI is InChI=1S/4C14F9.Ga/c4*15-2-1-3(16)8(17)5-4(2)9(18)6-7(10(5)19)12(21)14(23)13(22)11(6)20;/q;;;;-1. The van der Waals surface area contributed by atoms with Gasteiger partial charge in [0.25, 0.3) is 0 Å². The Hall–Kier alpha value is -9.16. The predicted molar refractivity (Wildman–Crippen MR) is 249 cm³/mol. The number of benzene rings is 12. The normalized spacial score (nSPS) is 12.5. The Morgan fingerprint density at radius 2 is 0.172 bits per heavy atom. The molecule has 0 aliphatic rings. The molecule has 12 aromatic rings. The summed E-state index contributed by atoms with van der Waals surface area (Å²) in [5.74, 6) is -132. The first-order valence-electron chi connectivity index (χ1n) is 24.0. The summed E-state index contributed by atoms with van der Waals surface area (Å²) < 4.78 is 576. The van der Waals surface area contributed by atoms with Gasteiger partial charge in [0.2, 0.25) is 0 Å². The van der Waals surface area contributed by atoms with Crippen molar-refractivity contribution < 1.29 is 158 Å². The zero-order chi connectivity index (χ0) is 68.8. The van der Waals surface area contributed by atoms with Crippen LogP contribution >= 0.6 is 0 Å². The van der Waals surface area contributed by atoms with Crippen LogP contribution in [0.3, 0.4) is 0 Å². The third kappa shape index (κ3) is 7.38. The molecule has 0 radical (unpaired) electrons. The SMILES string of the molecule is Fc1c(F)c(F)c2c(F)c3c(F)[c]([Ga-]([c]4c(F)c(F)c5c(F)c6c(F)c(F)c(F)c(F)c6c(F)c5c4F)([c]4c(F)c(F)c5c(F)c6c(F)c(F)c(F)c(F)c6c(F)c5c4F)[c]4c(F)c(F)c5c(F)c6c(F)c(F)c(F)c(F)c6c(F)c5c4F)c(F)c(F)c3c(F)c2c1F. The maximum absolute atomic E-state index is 18.6. The summed E-state index contributed by atoms with van der Waals surface area (Å²) >= 11 is -11.6. The Labute approximate surface area is 484 Å². The van der Waals surface area contributed by atoms with Crippen LogP contribution in [-0.4, -0.2) is 15.0 Å². The van der Waals surface area contributed by atoms with Gasteiger partial charge in [-0.1, -0.05) is 0 Å². The number of rotatable bonds is 4. The molecule has 0 heterocycles. The van der Waals surface area contributed by atoms with Gasteiger partial charge in [-0.15, -0.1) is 0 Å². The Morgan fingerprint density at radius 3 is 0.280 bits per heavy atom. The van der Waals surface area contributed by atoms with Gasteiger partial charge < -0.3 is 0 Å². The summed E-state index contributed by atoms with van der Waals surface area (Å²) in [6.07, 6.45) is 0. The topological polar surface area (TPSA) is 0 Å². The van der Waals surface area contributed by atoms with Gasteiger partial charge in [0.05, 0.1) is 0 Å². The van der Waals surface area contributed by atoms with Gasteiger partial charge in [-0.05, 0) is 0 Å². The van der Waals surface area contributed by atoms with E-state index in [-0.39, 0.29) is 0 Å². The second kappa shape index (κ2) is 20.4. The van der Waals surface area contributed by atoms with Crippen LogP contribution in [0.2, 0.25) is 0 Å². The molecule has 0 saturated heterocycles. The summed E-state index contributed by atoms with van der Waals surface area (Å²) in [4.78, 5) is 0. The van der Waals surface area contributed by atoms with E-state index < -0.39 is 327 Å². The summed E-state index contributed by atoms with van der Waals surface area (Å²) in [5.41, 5.74) is 0. The first-order valence-corrected chi connectivity index (χ1v) is 28.8. The first-order chi connectivity index (χ1) is 43.3. The summed E-state index contributed by atoms with van der Waals surface area (Å²) in [6, 6.07) is 0. The maximum atomic E-state index is 18.6. The molecule has 12 aromatic carbocycles. The van der Waals surface area contributed by atoms with Crippen molar-refractivity contribution in [3.05, 3.63) is 209 Å². The second-order valence-corrected chi connectivity index (χ2v) is 28.3. The molecular formula is C56F36Ga-. The van der Waals surface area contributed by atoms with Crippen molar-refractivity contribution in [2.75, 3.05) is 0 Å². The molecule has 0 nitrogen and oxygen atoms in total. The van der Waals surface area contributed by atoms with Crippen LogP contribution in [0.4, 0.5) is 158 Å². The van der Waals surface area contributed by atoms with E-state index in [0.717, 1.165) is 0 Å². The fraction of sp³-hybridized carbons (Fsp3) is 0. The molecule has 93 heavy (non-hydrogen) atoms. The molecule has 480 valence electrons. The van der Waals surface area contributed by atoms with Gasteiger partial charge in [-0.2, -0.15) is 0 Å². The van der Waals surface area contributed by atoms with E-state index in [1.807, 2.05) is 0 Å². The predicted octanol–water partition coefficient (Wildman–Crippen LogP) is 17.3. The quantitative estimate of drug-likeness (QED) is 0.0542. The van der Waals surface area contributed by atoms with Crippen LogP contribution in [0.5, 0.6) is 0 Å². The summed E-state index contributed by atoms with van der Waals surface area (Å²) in [7, 11) is 0. The zero-order valence-corrected chi connectivity index (χ0v) is 44.6. The van der Waals surface area contributed by atoms with Crippen LogP contribution in [0.15, 0.2) is 0 Å². The van der Waals surface area contributed by atoms with Gasteiger partial charge in [0, 0.05) is 0 Å². The number of hydrogen-bond donors (Lipinski definition) is 0. The average Bonchev–Trinajstić information content (AvgIpc) is 0.669. The molecule has 0 fully saturated rings. The van der Waals surface area contributed by atoms with E-state index in [9.17, 15) is 35.1 Å². The van der Waals surface area contributed by atoms with Crippen LogP contribution in [-0.2, 0) is 0 Å². The monoisotopic (exact) mass is 1420 g/mol. The van der Waals surface area contributed by atoms with E-state index in [4.69, 9.17) is 0 Å². The van der Waals surface area contributed by atoms with Crippen molar-refractivity contribution in [3.8, 4) is 0 Å². The third-order valence-electron chi connectivity index (χ3n) is 15.7. The molecule has 12 rings (SSSR count).